The first-order valence-corrected chi connectivity index (χ1v) is 6.01. The van der Waals surface area contributed by atoms with Crippen molar-refractivity contribution in [1.29, 1.82) is 0 Å². The van der Waals surface area contributed by atoms with E-state index in [9.17, 15) is 0 Å². The maximum absolute atomic E-state index is 5.42. The van der Waals surface area contributed by atoms with E-state index >= 15 is 0 Å². The molecule has 0 fully saturated rings. The Balaban J connectivity index is 2.24. The molecule has 1 aromatic rings. The minimum absolute atomic E-state index is 0.615. The molecule has 0 aromatic heterocycles. The third-order valence-electron chi connectivity index (χ3n) is 2.39. The number of hydrogen-bond donors (Lipinski definition) is 1. The molecule has 1 aromatic carbocycles. The number of rotatable bonds is 2. The summed E-state index contributed by atoms with van der Waals surface area (Å²) in [5, 5.41) is 0. The third kappa shape index (κ3) is 2.20. The van der Waals surface area contributed by atoms with Crippen LogP contribution in [0.4, 0.5) is 0 Å². The second-order valence-electron chi connectivity index (χ2n) is 3.46. The second-order valence-corrected chi connectivity index (χ2v) is 4.59. The molecule has 0 amide bonds. The molecule has 0 bridgehead atoms. The molecule has 0 radical (unpaired) electrons. The Morgan fingerprint density at radius 3 is 3.21 bits per heavy atom. The van der Waals surface area contributed by atoms with E-state index in [0.29, 0.717) is 6.54 Å². The van der Waals surface area contributed by atoms with Crippen molar-refractivity contribution in [3.05, 3.63) is 35.4 Å². The van der Waals surface area contributed by atoms with E-state index in [4.69, 9.17) is 5.73 Å². The first-order chi connectivity index (χ1) is 6.90. The first kappa shape index (κ1) is 9.81. The molecule has 2 rings (SSSR count). The van der Waals surface area contributed by atoms with Crippen molar-refractivity contribution in [2.45, 2.75) is 17.7 Å². The zero-order chi connectivity index (χ0) is 9.80. The molecular formula is C12H15NS. The molecule has 0 atom stereocenters. The number of hydrogen-bond acceptors (Lipinski definition) is 2. The average molecular weight is 205 g/mol. The minimum Gasteiger partial charge on any atom is -0.327 e. The first-order valence-electron chi connectivity index (χ1n) is 5.02. The smallest absolute Gasteiger partial charge is 0.0110 e. The lowest BCUT2D eigenvalue weighted by Crippen LogP contribution is -1.98. The lowest BCUT2D eigenvalue weighted by molar-refractivity contribution is 0.889. The van der Waals surface area contributed by atoms with E-state index in [0.717, 1.165) is 0 Å². The largest absolute Gasteiger partial charge is 0.327 e. The molecule has 1 aliphatic heterocycles. The van der Waals surface area contributed by atoms with Crippen molar-refractivity contribution in [3.8, 4) is 0 Å². The van der Waals surface area contributed by atoms with Gasteiger partial charge in [-0.1, -0.05) is 24.3 Å². The SMILES string of the molecule is NC/C=C/c1ccc2c(c1)SCCC2. The number of aryl methyl sites for hydroxylation is 1. The van der Waals surface area contributed by atoms with Gasteiger partial charge in [0.25, 0.3) is 0 Å². The Morgan fingerprint density at radius 2 is 2.36 bits per heavy atom. The molecule has 0 aliphatic carbocycles. The van der Waals surface area contributed by atoms with Crippen LogP contribution in [0.25, 0.3) is 6.08 Å². The van der Waals surface area contributed by atoms with Crippen molar-refractivity contribution >= 4 is 17.8 Å². The predicted molar refractivity (Wildman–Crippen MR) is 63.6 cm³/mol. The standard InChI is InChI=1S/C12H15NS/c13-7-1-3-10-5-6-11-4-2-8-14-12(11)9-10/h1,3,5-6,9H,2,4,7-8,13H2/b3-1+. The van der Waals surface area contributed by atoms with Crippen molar-refractivity contribution in [3.63, 3.8) is 0 Å². The van der Waals surface area contributed by atoms with Gasteiger partial charge in [-0.3, -0.25) is 0 Å². The highest BCUT2D eigenvalue weighted by Crippen LogP contribution is 2.30. The Kier molecular flexibility index (Phi) is 3.27. The zero-order valence-corrected chi connectivity index (χ0v) is 9.02. The van der Waals surface area contributed by atoms with Crippen LogP contribution in [0.1, 0.15) is 17.5 Å². The summed E-state index contributed by atoms with van der Waals surface area (Å²) >= 11 is 1.97. The fourth-order valence-electron chi connectivity index (χ4n) is 1.66. The molecule has 1 nitrogen and oxygen atoms in total. The van der Waals surface area contributed by atoms with Gasteiger partial charge in [-0.25, -0.2) is 0 Å². The van der Waals surface area contributed by atoms with Crippen LogP contribution in [0.3, 0.4) is 0 Å². The molecule has 0 unspecified atom stereocenters. The molecule has 0 saturated carbocycles. The van der Waals surface area contributed by atoms with E-state index in [1.807, 2.05) is 17.8 Å². The third-order valence-corrected chi connectivity index (χ3v) is 3.57. The number of thioether (sulfide) groups is 1. The molecule has 2 N–H and O–H groups in total. The highest BCUT2D eigenvalue weighted by Gasteiger charge is 2.08. The molecule has 1 aliphatic rings. The Hall–Kier alpha value is -0.730. The maximum Gasteiger partial charge on any atom is 0.0110 e. The Morgan fingerprint density at radius 1 is 1.43 bits per heavy atom. The van der Waals surface area contributed by atoms with Crippen molar-refractivity contribution < 1.29 is 0 Å². The average Bonchev–Trinajstić information content (AvgIpc) is 2.26. The van der Waals surface area contributed by atoms with Crippen LogP contribution < -0.4 is 5.73 Å². The van der Waals surface area contributed by atoms with Gasteiger partial charge in [-0.05, 0) is 35.8 Å². The van der Waals surface area contributed by atoms with Gasteiger partial charge >= 0.3 is 0 Å². The van der Waals surface area contributed by atoms with Crippen LogP contribution in [-0.4, -0.2) is 12.3 Å². The summed E-state index contributed by atoms with van der Waals surface area (Å²) in [7, 11) is 0. The summed E-state index contributed by atoms with van der Waals surface area (Å²) < 4.78 is 0. The van der Waals surface area contributed by atoms with Gasteiger partial charge in [0.05, 0.1) is 0 Å². The lowest BCUT2D eigenvalue weighted by atomic mass is 10.1. The summed E-state index contributed by atoms with van der Waals surface area (Å²) in [5.41, 5.74) is 8.20. The monoisotopic (exact) mass is 205 g/mol. The molecular weight excluding hydrogens is 190 g/mol. The lowest BCUT2D eigenvalue weighted by Gasteiger charge is -2.15. The van der Waals surface area contributed by atoms with Gasteiger partial charge in [0, 0.05) is 11.4 Å². The van der Waals surface area contributed by atoms with Gasteiger partial charge in [0.1, 0.15) is 0 Å². The topological polar surface area (TPSA) is 26.0 Å². The number of nitrogens with two attached hydrogens (primary N) is 1. The summed E-state index contributed by atoms with van der Waals surface area (Å²) in [6, 6.07) is 6.69. The highest BCUT2D eigenvalue weighted by atomic mass is 32.2. The Labute approximate surface area is 89.4 Å². The predicted octanol–water partition coefficient (Wildman–Crippen LogP) is 2.70. The maximum atomic E-state index is 5.42. The van der Waals surface area contributed by atoms with Gasteiger partial charge in [-0.2, -0.15) is 0 Å². The summed E-state index contributed by atoms with van der Waals surface area (Å²) in [4.78, 5) is 1.45. The molecule has 1 heterocycles. The molecule has 74 valence electrons. The second kappa shape index (κ2) is 4.67. The molecule has 0 saturated heterocycles. The van der Waals surface area contributed by atoms with Crippen LogP contribution in [0.15, 0.2) is 29.2 Å². The van der Waals surface area contributed by atoms with Gasteiger partial charge in [-0.15, -0.1) is 11.8 Å². The summed E-state index contributed by atoms with van der Waals surface area (Å²) in [6.45, 7) is 0.615. The quantitative estimate of drug-likeness (QED) is 0.803. The van der Waals surface area contributed by atoms with Crippen molar-refractivity contribution in [2.75, 3.05) is 12.3 Å². The van der Waals surface area contributed by atoms with E-state index in [1.54, 1.807) is 0 Å². The van der Waals surface area contributed by atoms with Crippen molar-refractivity contribution in [2.24, 2.45) is 5.73 Å². The van der Waals surface area contributed by atoms with Crippen LogP contribution in [0.2, 0.25) is 0 Å². The highest BCUT2D eigenvalue weighted by molar-refractivity contribution is 7.99. The van der Waals surface area contributed by atoms with Crippen LogP contribution in [0.5, 0.6) is 0 Å². The molecule has 2 heteroatoms. The molecule has 0 spiro atoms. The normalized spacial score (nSPS) is 15.8. The zero-order valence-electron chi connectivity index (χ0n) is 8.20. The molecule has 14 heavy (non-hydrogen) atoms. The van der Waals surface area contributed by atoms with Crippen LogP contribution in [0, 0.1) is 0 Å². The van der Waals surface area contributed by atoms with E-state index in [1.165, 1.54) is 34.6 Å². The Bertz CT molecular complexity index is 344. The van der Waals surface area contributed by atoms with Crippen molar-refractivity contribution in [1.82, 2.24) is 0 Å². The van der Waals surface area contributed by atoms with E-state index in [2.05, 4.69) is 24.3 Å². The summed E-state index contributed by atoms with van der Waals surface area (Å²) in [5.74, 6) is 1.26. The number of benzene rings is 1. The van der Waals surface area contributed by atoms with Gasteiger partial charge < -0.3 is 5.73 Å². The van der Waals surface area contributed by atoms with Gasteiger partial charge in [0.15, 0.2) is 0 Å². The van der Waals surface area contributed by atoms with E-state index in [-0.39, 0.29) is 0 Å². The van der Waals surface area contributed by atoms with Crippen LogP contribution in [-0.2, 0) is 6.42 Å². The fourth-order valence-corrected chi connectivity index (χ4v) is 2.75. The number of fused-ring (bicyclic) bond motifs is 1. The minimum atomic E-state index is 0.615. The van der Waals surface area contributed by atoms with Crippen LogP contribution >= 0.6 is 11.8 Å². The summed E-state index contributed by atoms with van der Waals surface area (Å²) in [6.07, 6.45) is 6.64. The fraction of sp³-hybridized carbons (Fsp3) is 0.333. The van der Waals surface area contributed by atoms with E-state index < -0.39 is 0 Å². The van der Waals surface area contributed by atoms with Gasteiger partial charge in [0.2, 0.25) is 0 Å².